The summed E-state index contributed by atoms with van der Waals surface area (Å²) < 4.78 is 2.30. The van der Waals surface area contributed by atoms with Crippen LogP contribution in [0.1, 0.15) is 152 Å². The summed E-state index contributed by atoms with van der Waals surface area (Å²) in [6.45, 7) is 29.5. The third kappa shape index (κ3) is 9.35. The molecule has 1 aliphatic heterocycles. The average molecular weight is 1020 g/mol. The van der Waals surface area contributed by atoms with Crippen molar-refractivity contribution in [3.63, 3.8) is 0 Å². The van der Waals surface area contributed by atoms with Crippen LogP contribution in [-0.4, -0.2) is 33.5 Å². The molecule has 0 saturated heterocycles. The molecule has 0 N–H and O–H groups in total. The van der Waals surface area contributed by atoms with Crippen LogP contribution in [0.25, 0.3) is 11.4 Å². The minimum Gasteiger partial charge on any atom is -0.436 e. The van der Waals surface area contributed by atoms with Gasteiger partial charge in [0, 0.05) is 35.5 Å². The van der Waals surface area contributed by atoms with Crippen LogP contribution in [-0.2, 0) is 41.8 Å². The molecule has 0 radical (unpaired) electrons. The van der Waals surface area contributed by atoms with Crippen molar-refractivity contribution in [3.05, 3.63) is 196 Å². The minimum atomic E-state index is -0.588. The van der Waals surface area contributed by atoms with Crippen LogP contribution < -0.4 is 10.3 Å². The maximum Gasteiger partial charge on any atom is 3.00 e. The van der Waals surface area contributed by atoms with E-state index in [0.717, 1.165) is 39.6 Å². The van der Waals surface area contributed by atoms with Gasteiger partial charge in [0.15, 0.2) is 0 Å². The zero-order valence-corrected chi connectivity index (χ0v) is 42.8. The number of imidazole rings is 1. The molecule has 64 heavy (non-hydrogen) atoms. The van der Waals surface area contributed by atoms with Crippen molar-refractivity contribution in [1.82, 2.24) is 19.4 Å². The molecular weight excluding hydrogens is 958 g/mol. The first kappa shape index (κ1) is 48.4. The number of fused-ring (bicyclic) bond motifs is 3. The number of benzene rings is 4. The molecule has 4 heterocycles. The molecule has 0 spiro atoms. The Morgan fingerprint density at radius 2 is 1.16 bits per heavy atom. The van der Waals surface area contributed by atoms with Gasteiger partial charge in [0.1, 0.15) is 0 Å². The van der Waals surface area contributed by atoms with Gasteiger partial charge >= 0.3 is 27.1 Å². The van der Waals surface area contributed by atoms with Crippen LogP contribution in [0, 0.1) is 18.2 Å². The summed E-state index contributed by atoms with van der Waals surface area (Å²) >= 11 is 0. The Morgan fingerprint density at radius 3 is 1.73 bits per heavy atom. The first-order chi connectivity index (χ1) is 29.7. The van der Waals surface area contributed by atoms with E-state index in [1.807, 2.05) is 42.7 Å². The van der Waals surface area contributed by atoms with Gasteiger partial charge in [-0.15, -0.1) is 29.8 Å². The quantitative estimate of drug-likeness (QED) is 0.112. The fourth-order valence-corrected chi connectivity index (χ4v) is 8.90. The number of anilines is 1. The van der Waals surface area contributed by atoms with Crippen LogP contribution >= 0.6 is 0 Å². The Bertz CT molecular complexity index is 2650. The molecule has 1 unspecified atom stereocenters. The normalized spacial score (nSPS) is 13.7. The molecule has 3 aromatic heterocycles. The molecule has 7 aromatic rings. The van der Waals surface area contributed by atoms with E-state index < -0.39 is 5.41 Å². The van der Waals surface area contributed by atoms with Gasteiger partial charge in [0.2, 0.25) is 0 Å². The van der Waals surface area contributed by atoms with E-state index in [4.69, 9.17) is 9.97 Å². The van der Waals surface area contributed by atoms with Crippen molar-refractivity contribution in [2.75, 3.05) is 11.9 Å². The number of aromatic nitrogens is 4. The van der Waals surface area contributed by atoms with Crippen molar-refractivity contribution in [2.24, 2.45) is 0 Å². The average Bonchev–Trinajstić information content (AvgIpc) is 3.76. The maximum absolute atomic E-state index is 5.43. The van der Waals surface area contributed by atoms with Crippen LogP contribution in [0.3, 0.4) is 0 Å². The van der Waals surface area contributed by atoms with Gasteiger partial charge in [0.05, 0.1) is 16.8 Å². The van der Waals surface area contributed by atoms with Crippen molar-refractivity contribution in [1.29, 1.82) is 0 Å². The third-order valence-electron chi connectivity index (χ3n) is 13.0. The van der Waals surface area contributed by atoms with Crippen molar-refractivity contribution in [3.8, 4) is 11.4 Å². The molecule has 7 heteroatoms. The van der Waals surface area contributed by atoms with Crippen LogP contribution in [0.4, 0.5) is 5.69 Å². The molecule has 330 valence electrons. The summed E-state index contributed by atoms with van der Waals surface area (Å²) in [5.41, 5.74) is 13.2. The molecule has 8 rings (SSSR count). The molecule has 0 aliphatic carbocycles. The van der Waals surface area contributed by atoms with E-state index in [1.54, 1.807) is 0 Å². The van der Waals surface area contributed by atoms with Gasteiger partial charge in [-0.3, -0.25) is 15.0 Å². The van der Waals surface area contributed by atoms with Gasteiger partial charge < -0.3 is 9.29 Å². The monoisotopic (exact) mass is 1020 g/mol. The second kappa shape index (κ2) is 18.8. The molecule has 1 aliphatic rings. The topological polar surface area (TPSA) is 46.8 Å². The van der Waals surface area contributed by atoms with Gasteiger partial charge in [-0.05, 0) is 88.6 Å². The van der Waals surface area contributed by atoms with Gasteiger partial charge in [-0.25, -0.2) is 0 Å². The zero-order chi connectivity index (χ0) is 45.5. The summed E-state index contributed by atoms with van der Waals surface area (Å²) in [4.78, 5) is 17.4. The molecular formula is C57H65BIrN5. The Hall–Kier alpha value is -5.10. The Kier molecular flexibility index (Phi) is 14.2. The van der Waals surface area contributed by atoms with Crippen LogP contribution in [0.15, 0.2) is 128 Å². The molecule has 0 amide bonds. The molecule has 4 aromatic carbocycles. The van der Waals surface area contributed by atoms with Gasteiger partial charge in [-0.2, -0.15) is 66.2 Å². The number of nitrogens with zero attached hydrogens (tertiary/aromatic N) is 5. The fourth-order valence-electron chi connectivity index (χ4n) is 8.90. The smallest absolute Gasteiger partial charge is 0.436 e. The van der Waals surface area contributed by atoms with Gasteiger partial charge in [0.25, 0.3) is 0 Å². The number of hydrogen-bond acceptors (Lipinski definition) is 4. The second-order valence-electron chi connectivity index (χ2n) is 20.6. The van der Waals surface area contributed by atoms with Gasteiger partial charge in [-0.1, -0.05) is 113 Å². The number of rotatable bonds is 8. The van der Waals surface area contributed by atoms with Crippen LogP contribution in [0.5, 0.6) is 0 Å². The van der Waals surface area contributed by atoms with Crippen molar-refractivity contribution in [2.45, 2.75) is 124 Å². The summed E-state index contributed by atoms with van der Waals surface area (Å²) in [5.74, 6) is 1.93. The SMILES string of the molecule is CC(C)(C)c1ccnc(C(C)(c2[c-]cccc2)c2cc(C(C)(C)C)cc(C(C)(C)c3[c-]cccc3)n2)c1.CC(C)c1cccc(C(C)C)c1B1N(C)c2ccc[c-]c2-c2nccn21.[Ir+3]. The van der Waals surface area contributed by atoms with E-state index >= 15 is 0 Å². The number of pyridine rings is 2. The first-order valence-electron chi connectivity index (χ1n) is 22.6. The van der Waals surface area contributed by atoms with Crippen molar-refractivity contribution < 1.29 is 20.1 Å². The molecule has 0 fully saturated rings. The summed E-state index contributed by atoms with van der Waals surface area (Å²) in [6.07, 6.45) is 5.94. The molecule has 0 bridgehead atoms. The Labute approximate surface area is 398 Å². The predicted molar refractivity (Wildman–Crippen MR) is 264 cm³/mol. The van der Waals surface area contributed by atoms with E-state index in [0.29, 0.717) is 11.8 Å². The van der Waals surface area contributed by atoms with E-state index in [1.165, 1.54) is 33.4 Å². The van der Waals surface area contributed by atoms with Crippen molar-refractivity contribution >= 4 is 18.1 Å². The Morgan fingerprint density at radius 1 is 0.578 bits per heavy atom. The predicted octanol–water partition coefficient (Wildman–Crippen LogP) is 12.6. The molecule has 0 saturated carbocycles. The standard InChI is InChI=1S/C35H40N2.C22H25BN3.Ir/c1-32(2,3)27-20-21-36-30(22-27)35(9,26-18-14-11-15-19-26)31-24-28(33(4,5)6)23-29(37-31)34(7,8)25-16-12-10-13-17-25;1-15(2)17-10-8-11-18(16(3)4)21(17)23-25(5)20-12-7-6-9-19(20)22-24-13-14-26(22)23;/h10-16,18,20-24H,1-9H3;6-8,10-16H,1-5H3;/q-2;-1;+3. The van der Waals surface area contributed by atoms with Crippen LogP contribution in [0.2, 0.25) is 0 Å². The maximum atomic E-state index is 5.43. The first-order valence-corrected chi connectivity index (χ1v) is 22.6. The Balaban J connectivity index is 0.000000221. The zero-order valence-electron chi connectivity index (χ0n) is 40.4. The second-order valence-corrected chi connectivity index (χ2v) is 20.6. The summed E-state index contributed by atoms with van der Waals surface area (Å²) in [6, 6.07) is 48.7. The fraction of sp³-hybridized carbons (Fsp3) is 0.351. The largest absolute Gasteiger partial charge is 3.00 e. The third-order valence-corrected chi connectivity index (χ3v) is 13.0. The van der Waals surface area contributed by atoms with E-state index in [-0.39, 0.29) is 43.3 Å². The minimum absolute atomic E-state index is 0. The number of hydrogen-bond donors (Lipinski definition) is 0. The molecule has 1 atom stereocenters. The van der Waals surface area contributed by atoms with E-state index in [9.17, 15) is 0 Å². The van der Waals surface area contributed by atoms with E-state index in [2.05, 4.69) is 215 Å². The molecule has 5 nitrogen and oxygen atoms in total. The summed E-state index contributed by atoms with van der Waals surface area (Å²) in [5, 5.41) is 0. The summed E-state index contributed by atoms with van der Waals surface area (Å²) in [7, 11) is 2.18.